The number of fused-ring (bicyclic) bond motifs is 6. The van der Waals surface area contributed by atoms with E-state index in [1.807, 2.05) is 48.5 Å². The van der Waals surface area contributed by atoms with Crippen molar-refractivity contribution in [3.63, 3.8) is 0 Å². The summed E-state index contributed by atoms with van der Waals surface area (Å²) in [5, 5.41) is 9.44. The molecule has 7 rings (SSSR count). The molecule has 4 aromatic carbocycles. The first-order chi connectivity index (χ1) is 15.4. The topological polar surface area (TPSA) is 52.9 Å². The fraction of sp³-hybridized carbons (Fsp3) is 0. The van der Waals surface area contributed by atoms with Crippen LogP contribution in [-0.4, -0.2) is 28.9 Å². The van der Waals surface area contributed by atoms with E-state index in [-0.39, 0.29) is 0 Å². The zero-order chi connectivity index (χ0) is 20.4. The molecule has 6 heteroatoms. The molecular formula is C25H16N6. The van der Waals surface area contributed by atoms with Crippen LogP contribution >= 0.6 is 0 Å². The first kappa shape index (κ1) is 16.4. The minimum atomic E-state index is 0.867. The molecule has 3 aromatic heterocycles. The molecule has 0 amide bonds. The van der Waals surface area contributed by atoms with Crippen LogP contribution in [0.25, 0.3) is 50.3 Å². The summed E-state index contributed by atoms with van der Waals surface area (Å²) in [5.74, 6) is 0.867. The summed E-state index contributed by atoms with van der Waals surface area (Å²) in [7, 11) is 0. The molecule has 0 fully saturated rings. The summed E-state index contributed by atoms with van der Waals surface area (Å²) in [6.07, 6.45) is 0. The minimum absolute atomic E-state index is 0.867. The Morgan fingerprint density at radius 3 is 1.77 bits per heavy atom. The van der Waals surface area contributed by atoms with Gasteiger partial charge >= 0.3 is 0 Å². The minimum Gasteiger partial charge on any atom is -0.276 e. The molecule has 0 atom stereocenters. The van der Waals surface area contributed by atoms with E-state index in [0.29, 0.717) is 0 Å². The zero-order valence-corrected chi connectivity index (χ0v) is 16.4. The second kappa shape index (κ2) is 6.03. The van der Waals surface area contributed by atoms with Gasteiger partial charge in [-0.3, -0.25) is 8.97 Å². The number of hydrogen-bond acceptors (Lipinski definition) is 3. The largest absolute Gasteiger partial charge is 0.276 e. The van der Waals surface area contributed by atoms with Gasteiger partial charge < -0.3 is 0 Å². The van der Waals surface area contributed by atoms with E-state index < -0.39 is 0 Å². The van der Waals surface area contributed by atoms with Crippen LogP contribution in [-0.2, 0) is 0 Å². The van der Waals surface area contributed by atoms with Crippen LogP contribution in [0.3, 0.4) is 0 Å². The SMILES string of the molecule is c1ccc(-n2c3ccccc3n3c4ccccc4nc23)c(-n2nc3ccccc3n2)c1. The number of aromatic nitrogens is 6. The van der Waals surface area contributed by atoms with Crippen molar-refractivity contribution in [2.75, 3.05) is 0 Å². The van der Waals surface area contributed by atoms with Crippen LogP contribution in [0.1, 0.15) is 0 Å². The Labute approximate surface area is 176 Å². The Hall–Kier alpha value is -4.45. The number of hydrogen-bond donors (Lipinski definition) is 0. The Morgan fingerprint density at radius 1 is 0.484 bits per heavy atom. The lowest BCUT2D eigenvalue weighted by Gasteiger charge is -2.10. The molecule has 7 aromatic rings. The van der Waals surface area contributed by atoms with Crippen molar-refractivity contribution in [3.8, 4) is 11.4 Å². The summed E-state index contributed by atoms with van der Waals surface area (Å²) in [4.78, 5) is 6.70. The smallest absolute Gasteiger partial charge is 0.220 e. The summed E-state index contributed by atoms with van der Waals surface area (Å²) in [5.41, 5.74) is 7.86. The number of para-hydroxylation sites is 6. The zero-order valence-electron chi connectivity index (χ0n) is 16.4. The molecule has 0 aliphatic heterocycles. The fourth-order valence-electron chi connectivity index (χ4n) is 4.38. The average molecular weight is 400 g/mol. The van der Waals surface area contributed by atoms with Crippen LogP contribution < -0.4 is 0 Å². The van der Waals surface area contributed by atoms with Gasteiger partial charge in [-0.15, -0.1) is 15.0 Å². The molecule has 0 N–H and O–H groups in total. The van der Waals surface area contributed by atoms with Crippen molar-refractivity contribution in [1.82, 2.24) is 28.9 Å². The first-order valence-corrected chi connectivity index (χ1v) is 10.2. The Kier molecular flexibility index (Phi) is 3.18. The van der Waals surface area contributed by atoms with Gasteiger partial charge in [0.1, 0.15) is 16.7 Å². The van der Waals surface area contributed by atoms with Crippen LogP contribution in [0, 0.1) is 0 Å². The monoisotopic (exact) mass is 400 g/mol. The second-order valence-electron chi connectivity index (χ2n) is 7.53. The maximum atomic E-state index is 4.98. The maximum Gasteiger partial charge on any atom is 0.220 e. The van der Waals surface area contributed by atoms with Gasteiger partial charge in [0.05, 0.1) is 27.8 Å². The standard InChI is InChI=1S/C25H16N6/c1-2-10-18-17(9-1)27-31(28-18)24-16-8-7-15-23(24)30-22-14-6-5-13-21(22)29-20-12-4-3-11-19(20)26-25(29)30/h1-16H. The van der Waals surface area contributed by atoms with E-state index in [2.05, 4.69) is 57.5 Å². The molecule has 3 heterocycles. The van der Waals surface area contributed by atoms with Crippen molar-refractivity contribution in [3.05, 3.63) is 97.1 Å². The summed E-state index contributed by atoms with van der Waals surface area (Å²) >= 11 is 0. The first-order valence-electron chi connectivity index (χ1n) is 10.2. The van der Waals surface area contributed by atoms with E-state index in [9.17, 15) is 0 Å². The van der Waals surface area contributed by atoms with Gasteiger partial charge in [0.2, 0.25) is 5.78 Å². The van der Waals surface area contributed by atoms with Crippen molar-refractivity contribution < 1.29 is 0 Å². The molecule has 6 nitrogen and oxygen atoms in total. The average Bonchev–Trinajstić information content (AvgIpc) is 3.49. The lowest BCUT2D eigenvalue weighted by molar-refractivity contribution is 0.760. The van der Waals surface area contributed by atoms with Gasteiger partial charge in [-0.2, -0.15) is 0 Å². The van der Waals surface area contributed by atoms with Crippen molar-refractivity contribution in [1.29, 1.82) is 0 Å². The van der Waals surface area contributed by atoms with Crippen molar-refractivity contribution >= 4 is 38.9 Å². The highest BCUT2D eigenvalue weighted by Gasteiger charge is 2.19. The van der Waals surface area contributed by atoms with Gasteiger partial charge in [0, 0.05) is 0 Å². The lowest BCUT2D eigenvalue weighted by Crippen LogP contribution is -2.06. The van der Waals surface area contributed by atoms with E-state index >= 15 is 0 Å². The van der Waals surface area contributed by atoms with Gasteiger partial charge in [0.15, 0.2) is 0 Å². The highest BCUT2D eigenvalue weighted by atomic mass is 15.5. The number of benzene rings is 4. The molecular weight excluding hydrogens is 384 g/mol. The van der Waals surface area contributed by atoms with Crippen LogP contribution in [0.5, 0.6) is 0 Å². The van der Waals surface area contributed by atoms with Crippen LogP contribution in [0.2, 0.25) is 0 Å². The van der Waals surface area contributed by atoms with E-state index in [1.165, 1.54) is 0 Å². The van der Waals surface area contributed by atoms with Gasteiger partial charge in [-0.1, -0.05) is 48.5 Å². The number of imidazole rings is 2. The molecule has 0 aliphatic carbocycles. The molecule has 31 heavy (non-hydrogen) atoms. The van der Waals surface area contributed by atoms with Crippen LogP contribution in [0.15, 0.2) is 97.1 Å². The van der Waals surface area contributed by atoms with E-state index in [0.717, 1.165) is 50.3 Å². The lowest BCUT2D eigenvalue weighted by atomic mass is 10.2. The van der Waals surface area contributed by atoms with Crippen molar-refractivity contribution in [2.24, 2.45) is 0 Å². The highest BCUT2D eigenvalue weighted by Crippen LogP contribution is 2.31. The quantitative estimate of drug-likeness (QED) is 0.403. The van der Waals surface area contributed by atoms with E-state index in [4.69, 9.17) is 15.2 Å². The summed E-state index contributed by atoms with van der Waals surface area (Å²) in [6, 6.07) is 32.7. The number of rotatable bonds is 2. The number of nitrogens with zero attached hydrogens (tertiary/aromatic N) is 6. The Bertz CT molecular complexity index is 1720. The normalized spacial score (nSPS) is 11.9. The third-order valence-corrected chi connectivity index (χ3v) is 5.73. The molecule has 0 bridgehead atoms. The fourth-order valence-corrected chi connectivity index (χ4v) is 4.38. The predicted molar refractivity (Wildman–Crippen MR) is 122 cm³/mol. The third kappa shape index (κ3) is 2.24. The molecule has 0 aliphatic rings. The Balaban J connectivity index is 1.61. The molecule has 146 valence electrons. The molecule has 0 unspecified atom stereocenters. The molecule has 0 spiro atoms. The highest BCUT2D eigenvalue weighted by molar-refractivity contribution is 5.92. The van der Waals surface area contributed by atoms with Gasteiger partial charge in [0.25, 0.3) is 0 Å². The van der Waals surface area contributed by atoms with E-state index in [1.54, 1.807) is 4.80 Å². The molecule has 0 radical (unpaired) electrons. The van der Waals surface area contributed by atoms with Gasteiger partial charge in [-0.25, -0.2) is 4.98 Å². The maximum absolute atomic E-state index is 4.98. The predicted octanol–water partition coefficient (Wildman–Crippen LogP) is 5.17. The Morgan fingerprint density at radius 2 is 1.03 bits per heavy atom. The van der Waals surface area contributed by atoms with Gasteiger partial charge in [-0.05, 0) is 48.5 Å². The third-order valence-electron chi connectivity index (χ3n) is 5.73. The molecule has 0 saturated heterocycles. The summed E-state index contributed by atoms with van der Waals surface area (Å²) < 4.78 is 4.41. The van der Waals surface area contributed by atoms with Crippen LogP contribution in [0.4, 0.5) is 0 Å². The molecule has 0 saturated carbocycles. The van der Waals surface area contributed by atoms with Crippen molar-refractivity contribution in [2.45, 2.75) is 0 Å². The summed E-state index contributed by atoms with van der Waals surface area (Å²) in [6.45, 7) is 0. The second-order valence-corrected chi connectivity index (χ2v) is 7.53.